The van der Waals surface area contributed by atoms with E-state index < -0.39 is 0 Å². The molecule has 3 aromatic rings. The number of carbonyl (C=O) groups excluding carboxylic acids is 2. The monoisotopic (exact) mass is 434 g/mol. The van der Waals surface area contributed by atoms with Crippen LogP contribution in [-0.2, 0) is 4.79 Å². The average molecular weight is 435 g/mol. The highest BCUT2D eigenvalue weighted by Crippen LogP contribution is 2.25. The minimum absolute atomic E-state index is 0.123. The molecule has 3 N–H and O–H groups in total. The fourth-order valence-electron chi connectivity index (χ4n) is 3.79. The van der Waals surface area contributed by atoms with Crippen LogP contribution in [0.4, 0.5) is 5.69 Å². The smallest absolute Gasteiger partial charge is 0.256 e. The van der Waals surface area contributed by atoms with E-state index in [2.05, 4.69) is 20.6 Å². The summed E-state index contributed by atoms with van der Waals surface area (Å²) in [6.07, 6.45) is 9.07. The van der Waals surface area contributed by atoms with Gasteiger partial charge in [-0.3, -0.25) is 9.59 Å². The summed E-state index contributed by atoms with van der Waals surface area (Å²) in [5, 5.41) is 9.60. The van der Waals surface area contributed by atoms with Gasteiger partial charge in [-0.25, -0.2) is 4.98 Å². The highest BCUT2D eigenvalue weighted by molar-refractivity contribution is 7.08. The Balaban J connectivity index is 1.37. The zero-order chi connectivity index (χ0) is 21.6. The van der Waals surface area contributed by atoms with E-state index in [1.54, 1.807) is 12.3 Å². The molecule has 0 bridgehead atoms. The Hall–Kier alpha value is -3.19. The minimum Gasteiger partial charge on any atom is -0.338 e. The Morgan fingerprint density at radius 3 is 2.61 bits per heavy atom. The van der Waals surface area contributed by atoms with Crippen LogP contribution < -0.4 is 10.6 Å². The molecule has 0 unspecified atom stereocenters. The molecule has 1 fully saturated rings. The van der Waals surface area contributed by atoms with E-state index in [0.717, 1.165) is 54.1 Å². The van der Waals surface area contributed by atoms with Gasteiger partial charge in [0, 0.05) is 28.2 Å². The number of nitrogens with zero attached hydrogens (tertiary/aromatic N) is 1. The third kappa shape index (κ3) is 5.49. The van der Waals surface area contributed by atoms with Crippen LogP contribution in [0.2, 0.25) is 0 Å². The molecule has 2 amide bonds. The van der Waals surface area contributed by atoms with E-state index in [1.165, 1.54) is 17.8 Å². The Bertz CT molecular complexity index is 1060. The van der Waals surface area contributed by atoms with Gasteiger partial charge in [-0.1, -0.05) is 19.3 Å². The molecular weight excluding hydrogens is 408 g/mol. The van der Waals surface area contributed by atoms with Crippen LogP contribution in [-0.4, -0.2) is 21.8 Å². The SMILES string of the molecule is CC(=Cc1cnc(-c2ccc(NC(=O)C3CCCCC3)cc2)[nH]1)NC(=O)c1ccsc1. The molecule has 0 radical (unpaired) electrons. The Labute approximate surface area is 185 Å². The Morgan fingerprint density at radius 2 is 1.90 bits per heavy atom. The van der Waals surface area contributed by atoms with Crippen molar-refractivity contribution in [2.75, 3.05) is 5.32 Å². The van der Waals surface area contributed by atoms with Crippen LogP contribution in [0.25, 0.3) is 17.5 Å². The first-order valence-corrected chi connectivity index (χ1v) is 11.5. The van der Waals surface area contributed by atoms with Gasteiger partial charge in [0.15, 0.2) is 0 Å². The first kappa shape index (κ1) is 21.1. The van der Waals surface area contributed by atoms with E-state index in [4.69, 9.17) is 0 Å². The molecule has 6 nitrogen and oxygen atoms in total. The Kier molecular flexibility index (Phi) is 6.62. The van der Waals surface area contributed by atoms with Crippen LogP contribution in [0.3, 0.4) is 0 Å². The van der Waals surface area contributed by atoms with Gasteiger partial charge in [-0.2, -0.15) is 11.3 Å². The van der Waals surface area contributed by atoms with Crippen molar-refractivity contribution in [1.29, 1.82) is 0 Å². The van der Waals surface area contributed by atoms with Crippen molar-refractivity contribution in [2.45, 2.75) is 39.0 Å². The number of allylic oxidation sites excluding steroid dienone is 1. The van der Waals surface area contributed by atoms with Gasteiger partial charge in [0.25, 0.3) is 5.91 Å². The molecule has 0 aliphatic heterocycles. The normalized spacial score (nSPS) is 14.9. The molecule has 4 rings (SSSR count). The maximum absolute atomic E-state index is 12.4. The highest BCUT2D eigenvalue weighted by Gasteiger charge is 2.21. The van der Waals surface area contributed by atoms with Crippen LogP contribution >= 0.6 is 11.3 Å². The van der Waals surface area contributed by atoms with Gasteiger partial charge in [-0.05, 0) is 61.6 Å². The zero-order valence-corrected chi connectivity index (χ0v) is 18.3. The standard InChI is InChI=1S/C24H26N4O2S/c1-16(26-24(30)19-11-12-31-15-19)13-21-14-25-22(27-21)17-7-9-20(10-8-17)28-23(29)18-5-3-2-4-6-18/h7-15,18H,2-6H2,1H3,(H,25,27)(H,26,30)(H,28,29). The molecule has 31 heavy (non-hydrogen) atoms. The third-order valence-electron chi connectivity index (χ3n) is 5.46. The summed E-state index contributed by atoms with van der Waals surface area (Å²) in [5.41, 5.74) is 3.91. The van der Waals surface area contributed by atoms with E-state index in [1.807, 2.05) is 48.0 Å². The maximum Gasteiger partial charge on any atom is 0.256 e. The van der Waals surface area contributed by atoms with E-state index in [-0.39, 0.29) is 17.7 Å². The van der Waals surface area contributed by atoms with E-state index >= 15 is 0 Å². The molecule has 0 spiro atoms. The first-order valence-electron chi connectivity index (χ1n) is 10.6. The van der Waals surface area contributed by atoms with Crippen molar-refractivity contribution >= 4 is 34.9 Å². The number of amides is 2. The van der Waals surface area contributed by atoms with E-state index in [0.29, 0.717) is 5.56 Å². The number of H-pyrrole nitrogens is 1. The summed E-state index contributed by atoms with van der Waals surface area (Å²) in [4.78, 5) is 32.2. The lowest BCUT2D eigenvalue weighted by Gasteiger charge is -2.20. The largest absolute Gasteiger partial charge is 0.338 e. The summed E-state index contributed by atoms with van der Waals surface area (Å²) < 4.78 is 0. The zero-order valence-electron chi connectivity index (χ0n) is 17.5. The van der Waals surface area contributed by atoms with Crippen LogP contribution in [0.15, 0.2) is 53.0 Å². The summed E-state index contributed by atoms with van der Waals surface area (Å²) in [6, 6.07) is 9.48. The summed E-state index contributed by atoms with van der Waals surface area (Å²) in [7, 11) is 0. The van der Waals surface area contributed by atoms with Gasteiger partial charge in [-0.15, -0.1) is 0 Å². The summed E-state index contributed by atoms with van der Waals surface area (Å²) in [5.74, 6) is 0.864. The minimum atomic E-state index is -0.124. The predicted molar refractivity (Wildman–Crippen MR) is 125 cm³/mol. The van der Waals surface area contributed by atoms with Gasteiger partial charge in [0.1, 0.15) is 5.82 Å². The lowest BCUT2D eigenvalue weighted by atomic mass is 9.88. The molecule has 1 saturated carbocycles. The number of hydrogen-bond donors (Lipinski definition) is 3. The molecule has 1 aromatic carbocycles. The quantitative estimate of drug-likeness (QED) is 0.482. The molecule has 160 valence electrons. The number of aromatic nitrogens is 2. The molecule has 2 aromatic heterocycles. The first-order chi connectivity index (χ1) is 15.1. The van der Waals surface area contributed by atoms with E-state index in [9.17, 15) is 9.59 Å². The lowest BCUT2D eigenvalue weighted by Crippen LogP contribution is -2.24. The number of thiophene rings is 1. The molecular formula is C24H26N4O2S. The van der Waals surface area contributed by atoms with Crippen molar-refractivity contribution in [1.82, 2.24) is 15.3 Å². The number of carbonyl (C=O) groups is 2. The van der Waals surface area contributed by atoms with Crippen molar-refractivity contribution in [2.24, 2.45) is 5.92 Å². The number of imidazole rings is 1. The van der Waals surface area contributed by atoms with Crippen molar-refractivity contribution in [3.8, 4) is 11.4 Å². The number of nitrogens with one attached hydrogen (secondary N) is 3. The molecule has 0 atom stereocenters. The van der Waals surface area contributed by atoms with Crippen LogP contribution in [0.5, 0.6) is 0 Å². The second-order valence-corrected chi connectivity index (χ2v) is 8.66. The van der Waals surface area contributed by atoms with Crippen molar-refractivity contribution in [3.63, 3.8) is 0 Å². The van der Waals surface area contributed by atoms with Gasteiger partial charge in [0.2, 0.25) is 5.91 Å². The number of hydrogen-bond acceptors (Lipinski definition) is 4. The molecule has 1 aliphatic rings. The molecule has 2 heterocycles. The second kappa shape index (κ2) is 9.75. The summed E-state index contributed by atoms with van der Waals surface area (Å²) >= 11 is 1.49. The fourth-order valence-corrected chi connectivity index (χ4v) is 4.43. The average Bonchev–Trinajstić information content (AvgIpc) is 3.47. The highest BCUT2D eigenvalue weighted by atomic mass is 32.1. The maximum atomic E-state index is 12.4. The van der Waals surface area contributed by atoms with Crippen molar-refractivity contribution < 1.29 is 9.59 Å². The van der Waals surface area contributed by atoms with Crippen LogP contribution in [0.1, 0.15) is 55.1 Å². The third-order valence-corrected chi connectivity index (χ3v) is 6.15. The Morgan fingerprint density at radius 1 is 1.13 bits per heavy atom. The summed E-state index contributed by atoms with van der Waals surface area (Å²) in [6.45, 7) is 1.84. The number of rotatable bonds is 6. The second-order valence-electron chi connectivity index (χ2n) is 7.88. The number of benzene rings is 1. The number of anilines is 1. The molecule has 7 heteroatoms. The van der Waals surface area contributed by atoms with Gasteiger partial charge in [0.05, 0.1) is 17.5 Å². The van der Waals surface area contributed by atoms with Crippen molar-refractivity contribution in [3.05, 3.63) is 64.2 Å². The molecule has 1 aliphatic carbocycles. The topological polar surface area (TPSA) is 86.9 Å². The van der Waals surface area contributed by atoms with Gasteiger partial charge < -0.3 is 15.6 Å². The van der Waals surface area contributed by atoms with Gasteiger partial charge >= 0.3 is 0 Å². The fraction of sp³-hybridized carbons (Fsp3) is 0.292. The molecule has 0 saturated heterocycles. The predicted octanol–water partition coefficient (Wildman–Crippen LogP) is 5.45. The lowest BCUT2D eigenvalue weighted by molar-refractivity contribution is -0.120. The number of aromatic amines is 1. The van der Waals surface area contributed by atoms with Crippen LogP contribution in [0, 0.1) is 5.92 Å².